The fraction of sp³-hybridized carbons (Fsp3) is 0.143. The van der Waals surface area contributed by atoms with Crippen LogP contribution in [0.25, 0.3) is 11.3 Å². The van der Waals surface area contributed by atoms with Crippen molar-refractivity contribution in [2.75, 3.05) is 5.73 Å². The molecule has 0 bridgehead atoms. The fourth-order valence-electron chi connectivity index (χ4n) is 1.79. The lowest BCUT2D eigenvalue weighted by atomic mass is 10.1. The second-order valence-corrected chi connectivity index (χ2v) is 4.96. The standard InChI is InChI=1S/C14H12Cl2N2O2/c1-2-7-3-5-8(6-4-7)12-9(15)11(17)10(16)13(18-12)14(19)20/h3-6H,2H2,1H3,(H2,17,18)(H,19,20). The molecule has 0 amide bonds. The van der Waals surface area contributed by atoms with Crippen LogP contribution in [-0.4, -0.2) is 16.1 Å². The van der Waals surface area contributed by atoms with Crippen molar-refractivity contribution in [1.29, 1.82) is 0 Å². The normalized spacial score (nSPS) is 10.6. The van der Waals surface area contributed by atoms with Crippen LogP contribution in [0, 0.1) is 0 Å². The number of carboxylic acid groups (broad SMARTS) is 1. The number of nitrogens with two attached hydrogens (primary N) is 1. The molecule has 20 heavy (non-hydrogen) atoms. The Bertz CT molecular complexity index is 670. The third-order valence-electron chi connectivity index (χ3n) is 2.95. The highest BCUT2D eigenvalue weighted by atomic mass is 35.5. The van der Waals surface area contributed by atoms with E-state index in [4.69, 9.17) is 34.0 Å². The lowest BCUT2D eigenvalue weighted by Gasteiger charge is -2.10. The molecule has 1 heterocycles. The summed E-state index contributed by atoms with van der Waals surface area (Å²) in [7, 11) is 0. The van der Waals surface area contributed by atoms with Gasteiger partial charge in [-0.25, -0.2) is 9.78 Å². The van der Waals surface area contributed by atoms with Crippen molar-refractivity contribution >= 4 is 34.9 Å². The summed E-state index contributed by atoms with van der Waals surface area (Å²) in [6.45, 7) is 2.04. The van der Waals surface area contributed by atoms with Crippen LogP contribution >= 0.6 is 23.2 Å². The van der Waals surface area contributed by atoms with E-state index in [2.05, 4.69) is 4.98 Å². The molecule has 104 valence electrons. The Kier molecular flexibility index (Phi) is 4.16. The van der Waals surface area contributed by atoms with Gasteiger partial charge in [-0.3, -0.25) is 0 Å². The Morgan fingerprint density at radius 3 is 2.35 bits per heavy atom. The average molecular weight is 311 g/mol. The summed E-state index contributed by atoms with van der Waals surface area (Å²) in [4.78, 5) is 15.1. The molecule has 0 saturated carbocycles. The summed E-state index contributed by atoms with van der Waals surface area (Å²) in [6.07, 6.45) is 0.907. The maximum atomic E-state index is 11.1. The molecule has 2 rings (SSSR count). The van der Waals surface area contributed by atoms with E-state index in [1.807, 2.05) is 31.2 Å². The zero-order valence-electron chi connectivity index (χ0n) is 10.7. The molecular weight excluding hydrogens is 299 g/mol. The Hall–Kier alpha value is -1.78. The van der Waals surface area contributed by atoms with Crippen LogP contribution in [-0.2, 0) is 6.42 Å². The number of benzene rings is 1. The van der Waals surface area contributed by atoms with Gasteiger partial charge < -0.3 is 10.8 Å². The quantitative estimate of drug-likeness (QED) is 0.901. The highest BCUT2D eigenvalue weighted by Crippen LogP contribution is 2.37. The van der Waals surface area contributed by atoms with E-state index < -0.39 is 5.97 Å². The molecule has 0 aliphatic rings. The average Bonchev–Trinajstić information content (AvgIpc) is 2.45. The lowest BCUT2D eigenvalue weighted by molar-refractivity contribution is 0.0691. The molecule has 0 aliphatic heterocycles. The minimum atomic E-state index is -1.25. The van der Waals surface area contributed by atoms with Gasteiger partial charge in [0.15, 0.2) is 5.69 Å². The fourth-order valence-corrected chi connectivity index (χ4v) is 2.30. The number of halogens is 2. The van der Waals surface area contributed by atoms with Crippen LogP contribution in [0.5, 0.6) is 0 Å². The van der Waals surface area contributed by atoms with Crippen molar-refractivity contribution < 1.29 is 9.90 Å². The molecule has 6 heteroatoms. The summed E-state index contributed by atoms with van der Waals surface area (Å²) in [5.41, 5.74) is 7.63. The van der Waals surface area contributed by atoms with E-state index >= 15 is 0 Å². The maximum absolute atomic E-state index is 11.1. The number of pyridine rings is 1. The monoisotopic (exact) mass is 310 g/mol. The molecule has 0 fully saturated rings. The van der Waals surface area contributed by atoms with Crippen molar-refractivity contribution in [3.8, 4) is 11.3 Å². The molecule has 4 nitrogen and oxygen atoms in total. The number of nitrogens with zero attached hydrogens (tertiary/aromatic N) is 1. The van der Waals surface area contributed by atoms with Gasteiger partial charge in [0, 0.05) is 5.56 Å². The zero-order valence-corrected chi connectivity index (χ0v) is 12.2. The van der Waals surface area contributed by atoms with Gasteiger partial charge in [-0.05, 0) is 12.0 Å². The summed E-state index contributed by atoms with van der Waals surface area (Å²) < 4.78 is 0. The summed E-state index contributed by atoms with van der Waals surface area (Å²) in [5, 5.41) is 9.10. The first-order valence-electron chi connectivity index (χ1n) is 5.92. The largest absolute Gasteiger partial charge is 0.476 e. The van der Waals surface area contributed by atoms with Gasteiger partial charge in [0.05, 0.1) is 21.4 Å². The van der Waals surface area contributed by atoms with Gasteiger partial charge >= 0.3 is 5.97 Å². The number of carboxylic acids is 1. The highest BCUT2D eigenvalue weighted by molar-refractivity contribution is 6.41. The van der Waals surface area contributed by atoms with Crippen LogP contribution in [0.1, 0.15) is 23.0 Å². The Morgan fingerprint density at radius 1 is 1.25 bits per heavy atom. The molecule has 0 radical (unpaired) electrons. The first kappa shape index (κ1) is 14.6. The molecule has 1 aromatic heterocycles. The second-order valence-electron chi connectivity index (χ2n) is 4.21. The predicted octanol–water partition coefficient (Wildman–Crippen LogP) is 3.90. The summed E-state index contributed by atoms with van der Waals surface area (Å²) in [6, 6.07) is 7.51. The highest BCUT2D eigenvalue weighted by Gasteiger charge is 2.20. The number of rotatable bonds is 3. The first-order valence-corrected chi connectivity index (χ1v) is 6.68. The van der Waals surface area contributed by atoms with E-state index in [1.165, 1.54) is 0 Å². The molecule has 2 aromatic rings. The van der Waals surface area contributed by atoms with Crippen molar-refractivity contribution in [3.63, 3.8) is 0 Å². The minimum absolute atomic E-state index is 0.0234. The van der Waals surface area contributed by atoms with E-state index in [-0.39, 0.29) is 21.4 Å². The molecular formula is C14H12Cl2N2O2. The number of nitrogen functional groups attached to an aromatic ring is 1. The van der Waals surface area contributed by atoms with E-state index in [0.717, 1.165) is 12.0 Å². The Morgan fingerprint density at radius 2 is 1.85 bits per heavy atom. The molecule has 0 unspecified atom stereocenters. The molecule has 0 atom stereocenters. The molecule has 0 aliphatic carbocycles. The van der Waals surface area contributed by atoms with Gasteiger partial charge in [-0.15, -0.1) is 0 Å². The SMILES string of the molecule is CCc1ccc(-c2nc(C(=O)O)c(Cl)c(N)c2Cl)cc1. The van der Waals surface area contributed by atoms with E-state index in [0.29, 0.717) is 11.3 Å². The zero-order chi connectivity index (χ0) is 14.9. The van der Waals surface area contributed by atoms with Gasteiger partial charge in [-0.1, -0.05) is 54.4 Å². The van der Waals surface area contributed by atoms with Crippen LogP contribution < -0.4 is 5.73 Å². The van der Waals surface area contributed by atoms with Crippen LogP contribution in [0.3, 0.4) is 0 Å². The van der Waals surface area contributed by atoms with Crippen LogP contribution in [0.2, 0.25) is 10.0 Å². The number of hydrogen-bond donors (Lipinski definition) is 2. The van der Waals surface area contributed by atoms with Gasteiger partial charge in [0.2, 0.25) is 0 Å². The maximum Gasteiger partial charge on any atom is 0.356 e. The van der Waals surface area contributed by atoms with Crippen molar-refractivity contribution in [2.45, 2.75) is 13.3 Å². The smallest absolute Gasteiger partial charge is 0.356 e. The summed E-state index contributed by atoms with van der Waals surface area (Å²) in [5.74, 6) is -1.25. The van der Waals surface area contributed by atoms with Gasteiger partial charge in [-0.2, -0.15) is 0 Å². The predicted molar refractivity (Wildman–Crippen MR) is 80.4 cm³/mol. The number of hydrogen-bond acceptors (Lipinski definition) is 3. The van der Waals surface area contributed by atoms with Gasteiger partial charge in [0.1, 0.15) is 0 Å². The van der Waals surface area contributed by atoms with E-state index in [9.17, 15) is 4.79 Å². The molecule has 3 N–H and O–H groups in total. The molecule has 0 spiro atoms. The third kappa shape index (κ3) is 2.57. The Balaban J connectivity index is 2.63. The number of anilines is 1. The Labute approximate surface area is 126 Å². The number of aromatic nitrogens is 1. The minimum Gasteiger partial charge on any atom is -0.476 e. The third-order valence-corrected chi connectivity index (χ3v) is 3.72. The van der Waals surface area contributed by atoms with E-state index in [1.54, 1.807) is 0 Å². The summed E-state index contributed by atoms with van der Waals surface area (Å²) >= 11 is 12.0. The van der Waals surface area contributed by atoms with Crippen LogP contribution in [0.4, 0.5) is 5.69 Å². The topological polar surface area (TPSA) is 76.2 Å². The first-order chi connectivity index (χ1) is 9.45. The van der Waals surface area contributed by atoms with Crippen LogP contribution in [0.15, 0.2) is 24.3 Å². The number of carbonyl (C=O) groups is 1. The molecule has 1 aromatic carbocycles. The number of aromatic carboxylic acids is 1. The van der Waals surface area contributed by atoms with Crippen molar-refractivity contribution in [2.24, 2.45) is 0 Å². The van der Waals surface area contributed by atoms with Gasteiger partial charge in [0.25, 0.3) is 0 Å². The number of aryl methyl sites for hydroxylation is 1. The van der Waals surface area contributed by atoms with Crippen molar-refractivity contribution in [1.82, 2.24) is 4.98 Å². The molecule has 0 saturated heterocycles. The van der Waals surface area contributed by atoms with Crippen molar-refractivity contribution in [3.05, 3.63) is 45.6 Å². The second kappa shape index (κ2) is 5.69. The lowest BCUT2D eigenvalue weighted by Crippen LogP contribution is -2.06.